The van der Waals surface area contributed by atoms with Crippen LogP contribution < -0.4 is 10.2 Å². The van der Waals surface area contributed by atoms with E-state index in [1.165, 1.54) is 11.3 Å². The van der Waals surface area contributed by atoms with E-state index in [1.54, 1.807) is 0 Å². The summed E-state index contributed by atoms with van der Waals surface area (Å²) in [5, 5.41) is 3.00. The number of anilines is 1. The highest BCUT2D eigenvalue weighted by Crippen LogP contribution is 2.24. The summed E-state index contributed by atoms with van der Waals surface area (Å²) in [7, 11) is 0. The lowest BCUT2D eigenvalue weighted by atomic mass is 10.1. The average Bonchev–Trinajstić information content (AvgIpc) is 3.10. The van der Waals surface area contributed by atoms with E-state index in [2.05, 4.69) is 57.6 Å². The number of carbonyl (C=O) groups excluding carboxylic acids is 1. The van der Waals surface area contributed by atoms with Gasteiger partial charge in [-0.25, -0.2) is 4.79 Å². The zero-order valence-electron chi connectivity index (χ0n) is 16.2. The molecule has 2 fully saturated rings. The van der Waals surface area contributed by atoms with Crippen LogP contribution in [0, 0.1) is 0 Å². The van der Waals surface area contributed by atoms with Gasteiger partial charge in [0.25, 0.3) is 0 Å². The lowest BCUT2D eigenvalue weighted by Gasteiger charge is -2.36. The smallest absolute Gasteiger partial charge is 0.318 e. The summed E-state index contributed by atoms with van der Waals surface area (Å²) in [6, 6.07) is 21.2. The molecule has 150 valence electrons. The van der Waals surface area contributed by atoms with E-state index in [0.29, 0.717) is 6.54 Å². The third-order valence-electron chi connectivity index (χ3n) is 5.64. The highest BCUT2D eigenvalue weighted by Gasteiger charge is 2.31. The predicted octanol–water partition coefficient (Wildman–Crippen LogP) is 3.39. The molecule has 5 nitrogen and oxygen atoms in total. The third-order valence-corrected chi connectivity index (χ3v) is 5.64. The van der Waals surface area contributed by atoms with Gasteiger partial charge in [-0.1, -0.05) is 48.5 Å². The first kappa shape index (κ1) is 20.5. The van der Waals surface area contributed by atoms with Gasteiger partial charge in [0.1, 0.15) is 0 Å². The van der Waals surface area contributed by atoms with Crippen molar-refractivity contribution in [1.29, 1.82) is 0 Å². The summed E-state index contributed by atoms with van der Waals surface area (Å²) in [6.45, 7) is 6.88. The number of piperazine rings is 1. The molecule has 4 rings (SSSR count). The number of hydrogen-bond acceptors (Lipinski definition) is 3. The topological polar surface area (TPSA) is 38.8 Å². The molecule has 1 N–H and O–H groups in total. The van der Waals surface area contributed by atoms with Gasteiger partial charge in [0.2, 0.25) is 0 Å². The van der Waals surface area contributed by atoms with Crippen LogP contribution in [0.1, 0.15) is 18.0 Å². The van der Waals surface area contributed by atoms with E-state index < -0.39 is 0 Å². The normalized spacial score (nSPS) is 20.0. The van der Waals surface area contributed by atoms with Crippen molar-refractivity contribution in [2.24, 2.45) is 0 Å². The summed E-state index contributed by atoms with van der Waals surface area (Å²) >= 11 is 0. The first-order valence-electron chi connectivity index (χ1n) is 9.93. The molecule has 2 aromatic carbocycles. The van der Waals surface area contributed by atoms with Crippen LogP contribution in [0.2, 0.25) is 0 Å². The van der Waals surface area contributed by atoms with E-state index in [4.69, 9.17) is 0 Å². The van der Waals surface area contributed by atoms with Crippen LogP contribution >= 0.6 is 12.4 Å². The molecule has 1 atom stereocenters. The van der Waals surface area contributed by atoms with Crippen molar-refractivity contribution in [3.63, 3.8) is 0 Å². The van der Waals surface area contributed by atoms with Gasteiger partial charge in [-0.15, -0.1) is 12.4 Å². The van der Waals surface area contributed by atoms with Gasteiger partial charge in [0, 0.05) is 45.0 Å². The molecular formula is C22H29ClN4O. The number of nitrogens with zero attached hydrogens (tertiary/aromatic N) is 3. The Kier molecular flexibility index (Phi) is 7.18. The van der Waals surface area contributed by atoms with Crippen LogP contribution in [0.25, 0.3) is 0 Å². The van der Waals surface area contributed by atoms with Crippen molar-refractivity contribution in [2.75, 3.05) is 50.7 Å². The van der Waals surface area contributed by atoms with Crippen molar-refractivity contribution in [3.05, 3.63) is 66.2 Å². The average molecular weight is 401 g/mol. The fourth-order valence-electron chi connectivity index (χ4n) is 4.10. The van der Waals surface area contributed by atoms with Crippen LogP contribution in [0.3, 0.4) is 0 Å². The Bertz CT molecular complexity index is 735. The van der Waals surface area contributed by atoms with Gasteiger partial charge in [0.15, 0.2) is 0 Å². The minimum Gasteiger partial charge on any atom is -0.369 e. The summed E-state index contributed by atoms with van der Waals surface area (Å²) in [6.07, 6.45) is 1.02. The molecule has 0 bridgehead atoms. The molecular weight excluding hydrogens is 372 g/mol. The molecule has 2 saturated heterocycles. The second kappa shape index (κ2) is 9.80. The van der Waals surface area contributed by atoms with E-state index in [0.717, 1.165) is 45.7 Å². The minimum atomic E-state index is 0. The summed E-state index contributed by atoms with van der Waals surface area (Å²) < 4.78 is 0. The number of carbonyl (C=O) groups is 1. The Hall–Kier alpha value is -2.24. The molecule has 2 aromatic rings. The number of halogens is 1. The molecule has 0 radical (unpaired) electrons. The molecule has 2 aliphatic rings. The fraction of sp³-hybridized carbons (Fsp3) is 0.409. The largest absolute Gasteiger partial charge is 0.369 e. The summed E-state index contributed by atoms with van der Waals surface area (Å²) in [5.74, 6) is 0. The molecule has 2 amide bonds. The molecule has 2 heterocycles. The number of amides is 2. The third kappa shape index (κ3) is 4.78. The zero-order chi connectivity index (χ0) is 18.5. The van der Waals surface area contributed by atoms with E-state index in [-0.39, 0.29) is 24.5 Å². The zero-order valence-corrected chi connectivity index (χ0v) is 17.0. The van der Waals surface area contributed by atoms with Gasteiger partial charge in [-0.05, 0) is 30.7 Å². The SMILES string of the molecule is Cl.O=C1NCC(c2ccccc2)N1CCCN1CCN(c2ccccc2)CC1. The van der Waals surface area contributed by atoms with Crippen molar-refractivity contribution in [2.45, 2.75) is 12.5 Å². The van der Waals surface area contributed by atoms with Gasteiger partial charge < -0.3 is 15.1 Å². The molecule has 0 aliphatic carbocycles. The number of benzene rings is 2. The van der Waals surface area contributed by atoms with Gasteiger partial charge in [-0.3, -0.25) is 4.90 Å². The van der Waals surface area contributed by atoms with Crippen LogP contribution in [-0.2, 0) is 0 Å². The Morgan fingerprint density at radius 2 is 1.50 bits per heavy atom. The molecule has 6 heteroatoms. The number of nitrogens with one attached hydrogen (secondary N) is 1. The standard InChI is InChI=1S/C22H28N4O.ClH/c27-22-23-18-21(19-8-3-1-4-9-19)26(22)13-7-12-24-14-16-25(17-15-24)20-10-5-2-6-11-20;/h1-6,8-11,21H,7,12-18H2,(H,23,27);1H. The van der Waals surface area contributed by atoms with Crippen molar-refractivity contribution in [3.8, 4) is 0 Å². The maximum absolute atomic E-state index is 12.2. The van der Waals surface area contributed by atoms with E-state index in [9.17, 15) is 4.79 Å². The lowest BCUT2D eigenvalue weighted by Crippen LogP contribution is -2.47. The molecule has 28 heavy (non-hydrogen) atoms. The number of para-hydroxylation sites is 1. The van der Waals surface area contributed by atoms with Crippen molar-refractivity contribution < 1.29 is 4.79 Å². The Morgan fingerprint density at radius 1 is 0.857 bits per heavy atom. The first-order valence-corrected chi connectivity index (χ1v) is 9.93. The van der Waals surface area contributed by atoms with Crippen LogP contribution in [0.5, 0.6) is 0 Å². The second-order valence-corrected chi connectivity index (χ2v) is 7.32. The van der Waals surface area contributed by atoms with Gasteiger partial charge in [0.05, 0.1) is 6.04 Å². The number of hydrogen-bond donors (Lipinski definition) is 1. The maximum Gasteiger partial charge on any atom is 0.318 e. The highest BCUT2D eigenvalue weighted by molar-refractivity contribution is 5.85. The number of urea groups is 1. The molecule has 1 unspecified atom stereocenters. The van der Waals surface area contributed by atoms with Crippen molar-refractivity contribution in [1.82, 2.24) is 15.1 Å². The lowest BCUT2D eigenvalue weighted by molar-refractivity contribution is 0.193. The minimum absolute atomic E-state index is 0. The molecule has 0 saturated carbocycles. The maximum atomic E-state index is 12.2. The Labute approximate surface area is 173 Å². The molecule has 0 spiro atoms. The Balaban J connectivity index is 0.00000225. The predicted molar refractivity (Wildman–Crippen MR) is 116 cm³/mol. The van der Waals surface area contributed by atoms with Gasteiger partial charge in [-0.2, -0.15) is 0 Å². The number of rotatable bonds is 6. The van der Waals surface area contributed by atoms with Crippen molar-refractivity contribution >= 4 is 24.1 Å². The second-order valence-electron chi connectivity index (χ2n) is 7.32. The summed E-state index contributed by atoms with van der Waals surface area (Å²) in [5.41, 5.74) is 2.53. The van der Waals surface area contributed by atoms with Crippen LogP contribution in [0.15, 0.2) is 60.7 Å². The molecule has 0 aromatic heterocycles. The van der Waals surface area contributed by atoms with Crippen LogP contribution in [0.4, 0.5) is 10.5 Å². The van der Waals surface area contributed by atoms with Crippen LogP contribution in [-0.4, -0.2) is 61.6 Å². The van der Waals surface area contributed by atoms with Gasteiger partial charge >= 0.3 is 6.03 Å². The highest BCUT2D eigenvalue weighted by atomic mass is 35.5. The van der Waals surface area contributed by atoms with E-state index >= 15 is 0 Å². The Morgan fingerprint density at radius 3 is 2.18 bits per heavy atom. The first-order chi connectivity index (χ1) is 13.3. The van der Waals surface area contributed by atoms with E-state index in [1.807, 2.05) is 23.1 Å². The quantitative estimate of drug-likeness (QED) is 0.807. The molecule has 2 aliphatic heterocycles. The monoisotopic (exact) mass is 400 g/mol. The fourth-order valence-corrected chi connectivity index (χ4v) is 4.10. The summed E-state index contributed by atoms with van der Waals surface area (Å²) in [4.78, 5) is 19.2.